The number of aromatic amines is 1. The highest BCUT2D eigenvalue weighted by molar-refractivity contribution is 9.10. The fourth-order valence-electron chi connectivity index (χ4n) is 1.36. The molecule has 15 heavy (non-hydrogen) atoms. The van der Waals surface area contributed by atoms with Crippen LogP contribution in [0.15, 0.2) is 22.8 Å². The van der Waals surface area contributed by atoms with E-state index in [-0.39, 0.29) is 15.4 Å². The summed E-state index contributed by atoms with van der Waals surface area (Å²) >= 11 is 2.82. The largest absolute Gasteiger partial charge is 0.417 e. The van der Waals surface area contributed by atoms with Crippen LogP contribution in [0.2, 0.25) is 0 Å². The van der Waals surface area contributed by atoms with Crippen molar-refractivity contribution in [1.82, 2.24) is 4.98 Å². The Hall–Kier alpha value is -1.04. The van der Waals surface area contributed by atoms with Crippen LogP contribution in [0.25, 0.3) is 10.9 Å². The molecule has 1 nitrogen and oxygen atoms in total. The van der Waals surface area contributed by atoms with Crippen molar-refractivity contribution in [2.75, 3.05) is 0 Å². The van der Waals surface area contributed by atoms with Crippen molar-refractivity contribution >= 4 is 26.8 Å². The van der Waals surface area contributed by atoms with Gasteiger partial charge in [-0.1, -0.05) is 0 Å². The molecule has 0 spiro atoms. The lowest BCUT2D eigenvalue weighted by Crippen LogP contribution is -2.06. The Labute approximate surface area is 90.2 Å². The summed E-state index contributed by atoms with van der Waals surface area (Å²) in [6, 6.07) is 1.86. The van der Waals surface area contributed by atoms with Gasteiger partial charge in [0.15, 0.2) is 0 Å². The second-order valence-electron chi connectivity index (χ2n) is 2.98. The van der Waals surface area contributed by atoms with Crippen LogP contribution in [0.1, 0.15) is 5.56 Å². The molecule has 0 aliphatic rings. The molecule has 0 atom stereocenters. The first kappa shape index (κ1) is 10.5. The van der Waals surface area contributed by atoms with Gasteiger partial charge in [-0.2, -0.15) is 13.2 Å². The first-order chi connectivity index (χ1) is 6.91. The summed E-state index contributed by atoms with van der Waals surface area (Å²) in [5.74, 6) is -0.912. The molecule has 1 aromatic heterocycles. The van der Waals surface area contributed by atoms with Crippen LogP contribution in [0, 0.1) is 5.82 Å². The zero-order valence-corrected chi connectivity index (χ0v) is 8.71. The molecular weight excluding hydrogens is 278 g/mol. The molecular formula is C9H4BrF4N. The zero-order chi connectivity index (χ0) is 11.2. The van der Waals surface area contributed by atoms with Crippen LogP contribution >= 0.6 is 15.9 Å². The lowest BCUT2D eigenvalue weighted by molar-refractivity contribution is -0.138. The summed E-state index contributed by atoms with van der Waals surface area (Å²) in [5.41, 5.74) is -0.943. The molecule has 0 unspecified atom stereocenters. The standard InChI is InChI=1S/C9H4BrF4N/c10-7-4-1-2-15-8(4)6(11)3-5(7)9(12,13)14/h1-3,15H. The van der Waals surface area contributed by atoms with Gasteiger partial charge in [0.2, 0.25) is 0 Å². The van der Waals surface area contributed by atoms with Crippen LogP contribution in [-0.2, 0) is 6.18 Å². The van der Waals surface area contributed by atoms with Crippen molar-refractivity contribution in [1.29, 1.82) is 0 Å². The van der Waals surface area contributed by atoms with Gasteiger partial charge in [-0.05, 0) is 28.1 Å². The fraction of sp³-hybridized carbons (Fsp3) is 0.111. The molecule has 2 rings (SSSR count). The summed E-state index contributed by atoms with van der Waals surface area (Å²) in [6.45, 7) is 0. The maximum Gasteiger partial charge on any atom is 0.417 e. The predicted molar refractivity (Wildman–Crippen MR) is 51.0 cm³/mol. The predicted octanol–water partition coefficient (Wildman–Crippen LogP) is 4.09. The van der Waals surface area contributed by atoms with Gasteiger partial charge in [0, 0.05) is 16.1 Å². The highest BCUT2D eigenvalue weighted by Gasteiger charge is 2.34. The second kappa shape index (κ2) is 3.23. The van der Waals surface area contributed by atoms with E-state index in [0.717, 1.165) is 0 Å². The third-order valence-corrected chi connectivity index (χ3v) is 2.89. The number of alkyl halides is 3. The number of hydrogen-bond donors (Lipinski definition) is 1. The van der Waals surface area contributed by atoms with Crippen LogP contribution < -0.4 is 0 Å². The van der Waals surface area contributed by atoms with Crippen molar-refractivity contribution < 1.29 is 17.6 Å². The van der Waals surface area contributed by atoms with E-state index in [1.807, 2.05) is 0 Å². The SMILES string of the molecule is Fc1cc(C(F)(F)F)c(Br)c2cc[nH]c12. The maximum atomic E-state index is 13.2. The molecule has 0 fully saturated rings. The van der Waals surface area contributed by atoms with Crippen molar-refractivity contribution in [3.8, 4) is 0 Å². The van der Waals surface area contributed by atoms with Gasteiger partial charge in [-0.15, -0.1) is 0 Å². The van der Waals surface area contributed by atoms with E-state index in [1.165, 1.54) is 12.3 Å². The van der Waals surface area contributed by atoms with Gasteiger partial charge in [0.1, 0.15) is 5.82 Å². The van der Waals surface area contributed by atoms with E-state index in [1.54, 1.807) is 0 Å². The van der Waals surface area contributed by atoms with Crippen LogP contribution in [0.3, 0.4) is 0 Å². The first-order valence-electron chi connectivity index (χ1n) is 3.93. The minimum atomic E-state index is -4.56. The molecule has 1 aromatic carbocycles. The quantitative estimate of drug-likeness (QED) is 0.700. The zero-order valence-electron chi connectivity index (χ0n) is 7.12. The van der Waals surface area contributed by atoms with E-state index < -0.39 is 17.6 Å². The van der Waals surface area contributed by atoms with E-state index in [4.69, 9.17) is 0 Å². The van der Waals surface area contributed by atoms with Crippen molar-refractivity contribution in [2.24, 2.45) is 0 Å². The third kappa shape index (κ3) is 1.62. The van der Waals surface area contributed by atoms with Crippen molar-refractivity contribution in [3.05, 3.63) is 34.2 Å². The molecule has 1 N–H and O–H groups in total. The number of halogens is 5. The minimum Gasteiger partial charge on any atom is -0.359 e. The summed E-state index contributed by atoms with van der Waals surface area (Å²) in [5, 5.41) is 0.183. The summed E-state index contributed by atoms with van der Waals surface area (Å²) in [4.78, 5) is 2.53. The van der Waals surface area contributed by atoms with Gasteiger partial charge >= 0.3 is 6.18 Å². The summed E-state index contributed by atoms with van der Waals surface area (Å²) in [6.07, 6.45) is -3.18. The second-order valence-corrected chi connectivity index (χ2v) is 3.78. The maximum absolute atomic E-state index is 13.2. The van der Waals surface area contributed by atoms with Crippen LogP contribution in [0.5, 0.6) is 0 Å². The van der Waals surface area contributed by atoms with Gasteiger partial charge in [-0.25, -0.2) is 4.39 Å². The molecule has 0 radical (unpaired) electrons. The smallest absolute Gasteiger partial charge is 0.359 e. The van der Waals surface area contributed by atoms with Gasteiger partial charge < -0.3 is 4.98 Å². The molecule has 80 valence electrons. The Balaban J connectivity index is 2.83. The molecule has 0 aliphatic heterocycles. The van der Waals surface area contributed by atoms with Crippen molar-refractivity contribution in [3.63, 3.8) is 0 Å². The number of nitrogens with one attached hydrogen (secondary N) is 1. The number of hydrogen-bond acceptors (Lipinski definition) is 0. The van der Waals surface area contributed by atoms with E-state index in [2.05, 4.69) is 20.9 Å². The normalized spacial score (nSPS) is 12.3. The highest BCUT2D eigenvalue weighted by Crippen LogP contribution is 2.39. The molecule has 0 aliphatic carbocycles. The lowest BCUT2D eigenvalue weighted by Gasteiger charge is -2.10. The van der Waals surface area contributed by atoms with E-state index in [0.29, 0.717) is 6.07 Å². The average molecular weight is 282 g/mol. The fourth-order valence-corrected chi connectivity index (χ4v) is 2.03. The molecule has 2 aromatic rings. The first-order valence-corrected chi connectivity index (χ1v) is 4.73. The molecule has 0 bridgehead atoms. The van der Waals surface area contributed by atoms with Gasteiger partial charge in [0.25, 0.3) is 0 Å². The highest BCUT2D eigenvalue weighted by atomic mass is 79.9. The number of H-pyrrole nitrogens is 1. The monoisotopic (exact) mass is 281 g/mol. The van der Waals surface area contributed by atoms with Crippen LogP contribution in [-0.4, -0.2) is 4.98 Å². The van der Waals surface area contributed by atoms with Gasteiger partial charge in [0.05, 0.1) is 11.1 Å². The Morgan fingerprint density at radius 2 is 1.93 bits per heavy atom. The molecule has 0 saturated carbocycles. The Bertz CT molecular complexity index is 515. The number of benzene rings is 1. The summed E-state index contributed by atoms with van der Waals surface area (Å²) in [7, 11) is 0. The van der Waals surface area contributed by atoms with Gasteiger partial charge in [-0.3, -0.25) is 0 Å². The number of fused-ring (bicyclic) bond motifs is 1. The number of aromatic nitrogens is 1. The average Bonchev–Trinajstić information content (AvgIpc) is 2.58. The van der Waals surface area contributed by atoms with E-state index in [9.17, 15) is 17.6 Å². The van der Waals surface area contributed by atoms with E-state index >= 15 is 0 Å². The minimum absolute atomic E-state index is 0.0647. The lowest BCUT2D eigenvalue weighted by atomic mass is 10.1. The Morgan fingerprint density at radius 1 is 1.27 bits per heavy atom. The third-order valence-electron chi connectivity index (χ3n) is 2.04. The molecule has 0 amide bonds. The summed E-state index contributed by atoms with van der Waals surface area (Å²) < 4.78 is 50.5. The Morgan fingerprint density at radius 3 is 2.53 bits per heavy atom. The molecule has 6 heteroatoms. The van der Waals surface area contributed by atoms with Crippen molar-refractivity contribution in [2.45, 2.75) is 6.18 Å². The molecule has 1 heterocycles. The number of rotatable bonds is 0. The topological polar surface area (TPSA) is 15.8 Å². The Kier molecular flexibility index (Phi) is 2.26. The molecule has 0 saturated heterocycles. The van der Waals surface area contributed by atoms with Crippen LogP contribution in [0.4, 0.5) is 17.6 Å².